The van der Waals surface area contributed by atoms with Crippen LogP contribution in [0, 0.1) is 5.41 Å². The maximum Gasteiger partial charge on any atom is 0.311 e. The first-order chi connectivity index (χ1) is 10.8. The van der Waals surface area contributed by atoms with Crippen LogP contribution in [0.15, 0.2) is 24.3 Å². The van der Waals surface area contributed by atoms with E-state index in [9.17, 15) is 4.79 Å². The van der Waals surface area contributed by atoms with Gasteiger partial charge in [0, 0.05) is 0 Å². The number of fused-ring (bicyclic) bond motifs is 3. The van der Waals surface area contributed by atoms with Gasteiger partial charge in [-0.3, -0.25) is 4.79 Å². The van der Waals surface area contributed by atoms with E-state index < -0.39 is 7.04 Å². The Morgan fingerprint density at radius 2 is 1.90 bits per heavy atom. The predicted octanol–water partition coefficient (Wildman–Crippen LogP) is 3.46. The van der Waals surface area contributed by atoms with Crippen LogP contribution in [-0.4, -0.2) is 20.1 Å². The van der Waals surface area contributed by atoms with Gasteiger partial charge < -0.3 is 9.47 Å². The first-order valence-electron chi connectivity index (χ1n) is 8.67. The molecule has 3 aliphatic carbocycles. The molecule has 20 heavy (non-hydrogen) atoms. The summed E-state index contributed by atoms with van der Waals surface area (Å²) in [6.45, 7) is 0. The fourth-order valence-electron chi connectivity index (χ4n) is 4.03. The van der Waals surface area contributed by atoms with Crippen molar-refractivity contribution in [2.45, 2.75) is 43.9 Å². The monoisotopic (exact) mass is 277 g/mol. The van der Waals surface area contributed by atoms with Crippen molar-refractivity contribution in [2.75, 3.05) is 14.1 Å². The summed E-state index contributed by atoms with van der Waals surface area (Å²) in [5, 5.41) is 0. The summed E-state index contributed by atoms with van der Waals surface area (Å²) in [6.07, 6.45) is 5.30. The van der Waals surface area contributed by atoms with E-state index in [4.69, 9.17) is 13.6 Å². The van der Waals surface area contributed by atoms with Crippen molar-refractivity contribution in [1.29, 1.82) is 0 Å². The molecule has 1 aromatic carbocycles. The fraction of sp³-hybridized carbons (Fsp3) is 0.588. The normalized spacial score (nSPS) is 34.8. The molecule has 0 heterocycles. The average molecular weight is 277 g/mol. The zero-order valence-electron chi connectivity index (χ0n) is 14.8. The molecule has 0 saturated heterocycles. The fourth-order valence-corrected chi connectivity index (χ4v) is 4.03. The molecular formula is C17H22O3. The van der Waals surface area contributed by atoms with Crippen molar-refractivity contribution in [1.82, 2.24) is 0 Å². The summed E-state index contributed by atoms with van der Waals surface area (Å²) in [7, 11) is -0.974. The van der Waals surface area contributed by atoms with Crippen LogP contribution in [0.2, 0.25) is 0 Å². The zero-order chi connectivity index (χ0) is 16.7. The summed E-state index contributed by atoms with van der Waals surface area (Å²) in [6, 6.07) is 7.42. The van der Waals surface area contributed by atoms with Crippen molar-refractivity contribution in [3.63, 3.8) is 0 Å². The highest BCUT2D eigenvalue weighted by atomic mass is 16.5. The molecule has 1 aromatic rings. The van der Waals surface area contributed by atoms with Gasteiger partial charge in [-0.15, -0.1) is 0 Å². The maximum absolute atomic E-state index is 12.1. The molecule has 3 heteroatoms. The molecule has 0 spiro atoms. The minimum atomic E-state index is -2.44. The number of carbonyl (C=O) groups is 1. The molecular weight excluding hydrogens is 252 g/mol. The van der Waals surface area contributed by atoms with Crippen LogP contribution >= 0.6 is 0 Å². The summed E-state index contributed by atoms with van der Waals surface area (Å²) in [5.41, 5.74) is 0.852. The van der Waals surface area contributed by atoms with Crippen molar-refractivity contribution < 1.29 is 18.4 Å². The molecule has 0 N–H and O–H groups in total. The number of benzene rings is 1. The minimum absolute atomic E-state index is 0.0316. The van der Waals surface area contributed by atoms with Crippen molar-refractivity contribution in [3.8, 4) is 5.75 Å². The molecule has 0 aliphatic heterocycles. The minimum Gasteiger partial charge on any atom is -0.497 e. The highest BCUT2D eigenvalue weighted by Gasteiger charge is 2.53. The van der Waals surface area contributed by atoms with Crippen LogP contribution in [0.3, 0.4) is 0 Å². The van der Waals surface area contributed by atoms with E-state index >= 15 is 0 Å². The highest BCUT2D eigenvalue weighted by Crippen LogP contribution is 2.58. The number of esters is 1. The second-order valence-corrected chi connectivity index (χ2v) is 6.18. The van der Waals surface area contributed by atoms with Crippen molar-refractivity contribution in [2.24, 2.45) is 5.41 Å². The summed E-state index contributed by atoms with van der Waals surface area (Å²) < 4.78 is 31.8. The van der Waals surface area contributed by atoms with Crippen LogP contribution < -0.4 is 4.74 Å². The first-order valence-corrected chi connectivity index (χ1v) is 7.17. The second-order valence-electron chi connectivity index (χ2n) is 6.18. The Morgan fingerprint density at radius 3 is 2.50 bits per heavy atom. The van der Waals surface area contributed by atoms with Crippen molar-refractivity contribution in [3.05, 3.63) is 29.8 Å². The molecule has 3 saturated carbocycles. The molecule has 3 nitrogen and oxygen atoms in total. The van der Waals surface area contributed by atoms with Crippen LogP contribution in [0.4, 0.5) is 0 Å². The maximum atomic E-state index is 12.1. The number of hydrogen-bond donors (Lipinski definition) is 0. The molecule has 108 valence electrons. The second kappa shape index (κ2) is 4.80. The van der Waals surface area contributed by atoms with E-state index in [1.165, 1.54) is 7.11 Å². The number of rotatable bonds is 3. The van der Waals surface area contributed by atoms with Crippen LogP contribution in [0.25, 0.3) is 0 Å². The molecule has 3 fully saturated rings. The smallest absolute Gasteiger partial charge is 0.311 e. The Kier molecular flexibility index (Phi) is 2.46. The number of methoxy groups -OCH3 is 2. The third-order valence-corrected chi connectivity index (χ3v) is 5.43. The lowest BCUT2D eigenvalue weighted by Crippen LogP contribution is -2.48. The third-order valence-electron chi connectivity index (χ3n) is 5.43. The van der Waals surface area contributed by atoms with Crippen LogP contribution in [-0.2, 0) is 14.9 Å². The quantitative estimate of drug-likeness (QED) is 0.794. The van der Waals surface area contributed by atoms with Gasteiger partial charge in [-0.1, -0.05) is 12.1 Å². The van der Waals surface area contributed by atoms with E-state index in [0.717, 1.165) is 44.1 Å². The summed E-state index contributed by atoms with van der Waals surface area (Å²) in [5.74, 6) is 0.303. The lowest BCUT2D eigenvalue weighted by atomic mass is 9.52. The molecule has 0 aromatic heterocycles. The van der Waals surface area contributed by atoms with Crippen molar-refractivity contribution >= 4 is 5.97 Å². The predicted molar refractivity (Wildman–Crippen MR) is 76.8 cm³/mol. The van der Waals surface area contributed by atoms with Gasteiger partial charge in [0.15, 0.2) is 0 Å². The molecule has 2 bridgehead atoms. The van der Waals surface area contributed by atoms with Gasteiger partial charge in [0.25, 0.3) is 0 Å². The lowest BCUT2D eigenvalue weighted by Gasteiger charge is -2.52. The van der Waals surface area contributed by atoms with Gasteiger partial charge in [0.05, 0.1) is 23.7 Å². The van der Waals surface area contributed by atoms with Gasteiger partial charge in [-0.25, -0.2) is 0 Å². The zero-order valence-corrected chi connectivity index (χ0v) is 11.8. The van der Waals surface area contributed by atoms with Gasteiger partial charge in [0.2, 0.25) is 0 Å². The van der Waals surface area contributed by atoms with Gasteiger partial charge in [-0.2, -0.15) is 0 Å². The summed E-state index contributed by atoms with van der Waals surface area (Å²) >= 11 is 0. The van der Waals surface area contributed by atoms with Crippen LogP contribution in [0.1, 0.15) is 48.2 Å². The molecule has 0 radical (unpaired) electrons. The van der Waals surface area contributed by atoms with Gasteiger partial charge in [-0.05, 0) is 61.6 Å². The number of carbonyl (C=O) groups excluding carboxylic acids is 1. The standard InChI is InChI=1S/C17H22O3/c1-19-14-5-3-4-13(12-14)16-6-9-17(10-7-16,11-8-16)15(18)20-2/h3-5,12H,6-11H2,1-2H3/i1D3. The highest BCUT2D eigenvalue weighted by molar-refractivity contribution is 5.77. The molecule has 0 amide bonds. The Balaban J connectivity index is 1.82. The number of hydrogen-bond acceptors (Lipinski definition) is 3. The average Bonchev–Trinajstić information content (AvgIpc) is 2.54. The number of ether oxygens (including phenoxy) is 2. The van der Waals surface area contributed by atoms with E-state index in [1.807, 2.05) is 18.2 Å². The van der Waals surface area contributed by atoms with Crippen LogP contribution in [0.5, 0.6) is 5.75 Å². The van der Waals surface area contributed by atoms with Gasteiger partial charge >= 0.3 is 5.97 Å². The van der Waals surface area contributed by atoms with E-state index in [2.05, 4.69) is 0 Å². The topological polar surface area (TPSA) is 35.5 Å². The summed E-state index contributed by atoms with van der Waals surface area (Å²) in [4.78, 5) is 12.1. The molecule has 0 atom stereocenters. The largest absolute Gasteiger partial charge is 0.497 e. The van der Waals surface area contributed by atoms with E-state index in [1.54, 1.807) is 6.07 Å². The van der Waals surface area contributed by atoms with E-state index in [0.29, 0.717) is 5.75 Å². The molecule has 3 aliphatic rings. The SMILES string of the molecule is [2H]C([2H])([2H])Oc1cccc(C23CCC(C(=O)OC)(CC2)CC3)c1. The lowest BCUT2D eigenvalue weighted by molar-refractivity contribution is -0.160. The Bertz CT molecular complexity index is 585. The Morgan fingerprint density at radius 1 is 1.20 bits per heavy atom. The first kappa shape index (κ1) is 10.3. The third kappa shape index (κ3) is 1.91. The van der Waals surface area contributed by atoms with Gasteiger partial charge in [0.1, 0.15) is 5.75 Å². The Labute approximate surface area is 124 Å². The molecule has 4 rings (SSSR count). The molecule has 0 unspecified atom stereocenters. The Hall–Kier alpha value is -1.51. The van der Waals surface area contributed by atoms with E-state index in [-0.39, 0.29) is 16.8 Å².